The molecule has 10 heavy (non-hydrogen) atoms. The summed E-state index contributed by atoms with van der Waals surface area (Å²) in [5, 5.41) is 3.22. The van der Waals surface area contributed by atoms with Gasteiger partial charge in [0.1, 0.15) is 0 Å². The molecule has 1 heterocycles. The second-order valence-corrected chi connectivity index (χ2v) is 3.10. The minimum atomic E-state index is 0.464. The van der Waals surface area contributed by atoms with Crippen LogP contribution in [0.15, 0.2) is 0 Å². The highest BCUT2D eigenvalue weighted by Gasteiger charge is 2.14. The summed E-state index contributed by atoms with van der Waals surface area (Å²) >= 11 is 5.03. The molecule has 1 N–H and O–H groups in total. The van der Waals surface area contributed by atoms with Gasteiger partial charge in [-0.05, 0) is 19.3 Å². The Morgan fingerprint density at radius 1 is 1.80 bits per heavy atom. The number of methoxy groups -OCH3 is 1. The highest BCUT2D eigenvalue weighted by Crippen LogP contribution is 2.08. The first-order valence-electron chi connectivity index (χ1n) is 3.61. The Kier molecular flexibility index (Phi) is 3.09. The Labute approximate surface area is 66.9 Å². The molecule has 0 radical (unpaired) electrons. The molecular formula is C7H13NOS. The summed E-state index contributed by atoms with van der Waals surface area (Å²) in [7, 11) is 1.72. The maximum atomic E-state index is 5.03. The van der Waals surface area contributed by atoms with E-state index < -0.39 is 0 Å². The molecule has 0 bridgehead atoms. The highest BCUT2D eigenvalue weighted by molar-refractivity contribution is 7.80. The van der Waals surface area contributed by atoms with Crippen molar-refractivity contribution in [3.8, 4) is 0 Å². The van der Waals surface area contributed by atoms with Crippen LogP contribution in [0.3, 0.4) is 0 Å². The van der Waals surface area contributed by atoms with E-state index in [-0.39, 0.29) is 0 Å². The van der Waals surface area contributed by atoms with Gasteiger partial charge in [0.05, 0.1) is 11.6 Å². The molecule has 1 rings (SSSR count). The van der Waals surface area contributed by atoms with E-state index in [1.165, 1.54) is 12.8 Å². The Bertz CT molecular complexity index is 125. The second-order valence-electron chi connectivity index (χ2n) is 2.61. The molecule has 1 aliphatic heterocycles. The zero-order valence-electron chi connectivity index (χ0n) is 6.22. The first-order chi connectivity index (χ1) is 4.83. The Hall–Kier alpha value is -0.150. The van der Waals surface area contributed by atoms with E-state index in [4.69, 9.17) is 17.0 Å². The second kappa shape index (κ2) is 3.88. The van der Waals surface area contributed by atoms with Gasteiger partial charge in [-0.25, -0.2) is 0 Å². The van der Waals surface area contributed by atoms with Crippen LogP contribution in [-0.4, -0.2) is 24.7 Å². The number of ether oxygens (including phenoxy) is 1. The van der Waals surface area contributed by atoms with Crippen LogP contribution in [0, 0.1) is 0 Å². The smallest absolute Gasteiger partial charge is 0.0756 e. The molecule has 1 unspecified atom stereocenters. The van der Waals surface area contributed by atoms with Gasteiger partial charge in [-0.2, -0.15) is 0 Å². The van der Waals surface area contributed by atoms with Crippen molar-refractivity contribution >= 4 is 17.2 Å². The summed E-state index contributed by atoms with van der Waals surface area (Å²) in [6, 6.07) is 0.464. The van der Waals surface area contributed by atoms with Gasteiger partial charge >= 0.3 is 0 Å². The van der Waals surface area contributed by atoms with Crippen molar-refractivity contribution in [1.29, 1.82) is 0 Å². The normalized spacial score (nSPS) is 26.1. The zero-order chi connectivity index (χ0) is 7.40. The molecule has 0 amide bonds. The number of hydrogen-bond acceptors (Lipinski definition) is 2. The topological polar surface area (TPSA) is 21.3 Å². The van der Waals surface area contributed by atoms with Crippen molar-refractivity contribution in [1.82, 2.24) is 5.32 Å². The molecule has 58 valence electrons. The first-order valence-corrected chi connectivity index (χ1v) is 4.02. The summed E-state index contributed by atoms with van der Waals surface area (Å²) in [5.74, 6) is 0. The van der Waals surface area contributed by atoms with Crippen molar-refractivity contribution in [2.45, 2.75) is 25.3 Å². The molecule has 2 nitrogen and oxygen atoms in total. The molecule has 0 aromatic carbocycles. The van der Waals surface area contributed by atoms with E-state index in [1.807, 2.05) is 0 Å². The van der Waals surface area contributed by atoms with Crippen LogP contribution in [0.4, 0.5) is 0 Å². The van der Waals surface area contributed by atoms with Crippen LogP contribution < -0.4 is 5.32 Å². The van der Waals surface area contributed by atoms with Crippen molar-refractivity contribution in [3.63, 3.8) is 0 Å². The molecule has 1 atom stereocenters. The van der Waals surface area contributed by atoms with Crippen molar-refractivity contribution in [2.75, 3.05) is 13.7 Å². The van der Waals surface area contributed by atoms with Gasteiger partial charge in [-0.3, -0.25) is 0 Å². The molecule has 1 aliphatic rings. The van der Waals surface area contributed by atoms with Gasteiger partial charge in [-0.1, -0.05) is 12.2 Å². The van der Waals surface area contributed by atoms with Gasteiger partial charge in [0.25, 0.3) is 0 Å². The predicted molar refractivity (Wildman–Crippen MR) is 45.2 cm³/mol. The van der Waals surface area contributed by atoms with Crippen LogP contribution in [-0.2, 0) is 4.74 Å². The average Bonchev–Trinajstić information content (AvgIpc) is 1.88. The van der Waals surface area contributed by atoms with Gasteiger partial charge in [0, 0.05) is 13.2 Å². The van der Waals surface area contributed by atoms with Crippen molar-refractivity contribution in [3.05, 3.63) is 0 Å². The van der Waals surface area contributed by atoms with Gasteiger partial charge < -0.3 is 10.1 Å². The molecule has 0 aromatic rings. The molecule has 0 aliphatic carbocycles. The fourth-order valence-electron chi connectivity index (χ4n) is 1.21. The maximum absolute atomic E-state index is 5.03. The molecule has 0 aromatic heterocycles. The van der Waals surface area contributed by atoms with E-state index in [0.717, 1.165) is 18.0 Å². The van der Waals surface area contributed by atoms with E-state index in [1.54, 1.807) is 7.11 Å². The van der Waals surface area contributed by atoms with Crippen molar-refractivity contribution in [2.24, 2.45) is 0 Å². The number of thiocarbonyl (C=S) groups is 1. The van der Waals surface area contributed by atoms with Crippen LogP contribution in [0.5, 0.6) is 0 Å². The zero-order valence-corrected chi connectivity index (χ0v) is 7.04. The average molecular weight is 159 g/mol. The van der Waals surface area contributed by atoms with E-state index in [9.17, 15) is 0 Å². The predicted octanol–water partition coefficient (Wildman–Crippen LogP) is 1.10. The molecular weight excluding hydrogens is 146 g/mol. The third-order valence-electron chi connectivity index (χ3n) is 1.69. The Morgan fingerprint density at radius 3 is 3.20 bits per heavy atom. The lowest BCUT2D eigenvalue weighted by Gasteiger charge is -2.24. The first kappa shape index (κ1) is 7.95. The lowest BCUT2D eigenvalue weighted by Crippen LogP contribution is -2.40. The monoisotopic (exact) mass is 159 g/mol. The lowest BCUT2D eigenvalue weighted by molar-refractivity contribution is 0.167. The molecule has 3 heteroatoms. The van der Waals surface area contributed by atoms with Crippen LogP contribution >= 0.6 is 12.2 Å². The van der Waals surface area contributed by atoms with Crippen molar-refractivity contribution < 1.29 is 4.74 Å². The summed E-state index contributed by atoms with van der Waals surface area (Å²) < 4.78 is 5.01. The molecule has 1 saturated heterocycles. The molecule has 0 saturated carbocycles. The largest absolute Gasteiger partial charge is 0.383 e. The number of nitrogens with one attached hydrogen (secondary N) is 1. The summed E-state index contributed by atoms with van der Waals surface area (Å²) in [5.41, 5.74) is 0. The fraction of sp³-hybridized carbons (Fsp3) is 0.857. The minimum Gasteiger partial charge on any atom is -0.383 e. The summed E-state index contributed by atoms with van der Waals surface area (Å²) in [6.45, 7) is 0.778. The van der Waals surface area contributed by atoms with E-state index in [0.29, 0.717) is 6.04 Å². The molecule has 0 spiro atoms. The summed E-state index contributed by atoms with van der Waals surface area (Å²) in [6.07, 6.45) is 3.45. The minimum absolute atomic E-state index is 0.464. The van der Waals surface area contributed by atoms with Gasteiger partial charge in [0.15, 0.2) is 0 Å². The number of hydrogen-bond donors (Lipinski definition) is 1. The standard InChI is InChI=1S/C7H13NOS/c1-9-5-6-3-2-4-7(10)8-6/h6H,2-5H2,1H3,(H,8,10). The Morgan fingerprint density at radius 2 is 2.60 bits per heavy atom. The van der Waals surface area contributed by atoms with E-state index >= 15 is 0 Å². The quantitative estimate of drug-likeness (QED) is 0.610. The molecule has 1 fully saturated rings. The Balaban J connectivity index is 2.25. The fourth-order valence-corrected chi connectivity index (χ4v) is 1.52. The lowest BCUT2D eigenvalue weighted by atomic mass is 10.1. The summed E-state index contributed by atoms with van der Waals surface area (Å²) in [4.78, 5) is 0.994. The maximum Gasteiger partial charge on any atom is 0.0756 e. The third kappa shape index (κ3) is 2.23. The van der Waals surface area contributed by atoms with Crippen LogP contribution in [0.25, 0.3) is 0 Å². The van der Waals surface area contributed by atoms with Gasteiger partial charge in [-0.15, -0.1) is 0 Å². The SMILES string of the molecule is COCC1CCCC(=S)N1. The van der Waals surface area contributed by atoms with Crippen LogP contribution in [0.2, 0.25) is 0 Å². The highest BCUT2D eigenvalue weighted by atomic mass is 32.1. The third-order valence-corrected chi connectivity index (χ3v) is 2.01. The van der Waals surface area contributed by atoms with Crippen LogP contribution in [0.1, 0.15) is 19.3 Å². The number of piperidine rings is 1. The van der Waals surface area contributed by atoms with Gasteiger partial charge in [0.2, 0.25) is 0 Å². The van der Waals surface area contributed by atoms with E-state index in [2.05, 4.69) is 5.32 Å². The number of rotatable bonds is 2.